The number of pyridine rings is 1. The van der Waals surface area contributed by atoms with E-state index in [-0.39, 0.29) is 36.5 Å². The van der Waals surface area contributed by atoms with Crippen LogP contribution in [-0.4, -0.2) is 47.6 Å². The molecular weight excluding hydrogens is 650 g/mol. The predicted octanol–water partition coefficient (Wildman–Crippen LogP) is 7.80. The highest BCUT2D eigenvalue weighted by molar-refractivity contribution is 5.82. The van der Waals surface area contributed by atoms with Crippen LogP contribution in [-0.2, 0) is 26.9 Å². The molecule has 7 nitrogen and oxygen atoms in total. The zero-order valence-electron chi connectivity index (χ0n) is 30.3. The Morgan fingerprint density at radius 1 is 1.00 bits per heavy atom. The van der Waals surface area contributed by atoms with E-state index in [1.54, 1.807) is 26.0 Å². The molecule has 0 radical (unpaired) electrons. The second-order valence-corrected chi connectivity index (χ2v) is 14.3. The van der Waals surface area contributed by atoms with Gasteiger partial charge in [0.15, 0.2) is 0 Å². The van der Waals surface area contributed by atoms with Gasteiger partial charge in [-0.15, -0.1) is 0 Å². The first-order valence-corrected chi connectivity index (χ1v) is 17.3. The van der Waals surface area contributed by atoms with Crippen LogP contribution >= 0.6 is 0 Å². The second kappa shape index (κ2) is 15.9. The molecule has 4 rings (SSSR count). The number of nitrogens with zero attached hydrogens (tertiary/aromatic N) is 2. The Morgan fingerprint density at radius 3 is 2.20 bits per heavy atom. The molecule has 2 heterocycles. The van der Waals surface area contributed by atoms with Crippen LogP contribution in [0.5, 0.6) is 0 Å². The number of ether oxygens (including phenoxy) is 1. The van der Waals surface area contributed by atoms with E-state index in [0.29, 0.717) is 29.7 Å². The molecule has 50 heavy (non-hydrogen) atoms. The zero-order chi connectivity index (χ0) is 37.1. The monoisotopic (exact) mass is 699 g/mol. The summed E-state index contributed by atoms with van der Waals surface area (Å²) in [4.78, 5) is 42.5. The highest BCUT2D eigenvalue weighted by atomic mass is 19.4. The molecule has 1 aliphatic rings. The van der Waals surface area contributed by atoms with E-state index < -0.39 is 53.5 Å². The van der Waals surface area contributed by atoms with Gasteiger partial charge in [0.25, 0.3) is 5.56 Å². The Hall–Kier alpha value is -3.99. The van der Waals surface area contributed by atoms with E-state index in [9.17, 15) is 27.6 Å². The van der Waals surface area contributed by atoms with Crippen molar-refractivity contribution in [3.8, 4) is 11.1 Å². The summed E-state index contributed by atoms with van der Waals surface area (Å²) in [5.74, 6) is -1.68. The Morgan fingerprint density at radius 2 is 1.64 bits per heavy atom. The minimum absolute atomic E-state index is 0.0401. The van der Waals surface area contributed by atoms with Gasteiger partial charge in [0.1, 0.15) is 11.9 Å². The summed E-state index contributed by atoms with van der Waals surface area (Å²) in [5.41, 5.74) is 2.91. The van der Waals surface area contributed by atoms with Crippen molar-refractivity contribution in [2.24, 2.45) is 11.8 Å². The summed E-state index contributed by atoms with van der Waals surface area (Å²) >= 11 is 0. The van der Waals surface area contributed by atoms with Gasteiger partial charge >= 0.3 is 12.1 Å². The Bertz CT molecular complexity index is 1750. The fraction of sp³-hybridized carbons (Fsp3) is 0.513. The average molecular weight is 700 g/mol. The molecule has 11 heteroatoms. The summed E-state index contributed by atoms with van der Waals surface area (Å²) in [6.07, 6.45) is -3.87. The van der Waals surface area contributed by atoms with E-state index in [2.05, 4.69) is 12.2 Å². The lowest BCUT2D eigenvalue weighted by Gasteiger charge is -2.37. The van der Waals surface area contributed by atoms with E-state index in [1.165, 1.54) is 0 Å². The van der Waals surface area contributed by atoms with Crippen LogP contribution in [0.2, 0.25) is 0 Å². The summed E-state index contributed by atoms with van der Waals surface area (Å²) in [6.45, 7) is 16.9. The van der Waals surface area contributed by atoms with Crippen molar-refractivity contribution >= 4 is 11.9 Å². The molecule has 272 valence electrons. The molecule has 1 N–H and O–H groups in total. The number of aryl methyl sites for hydroxylation is 4. The summed E-state index contributed by atoms with van der Waals surface area (Å²) < 4.78 is 64.7. The summed E-state index contributed by atoms with van der Waals surface area (Å²) in [7, 11) is 0. The SMILES string of the molecule is CCOC(=O)C[C@H](NC(=O)C(CC(C)C)n1cc(CCN2CC(C)C2)c(C(F)(F)F)cc1=O)c1cc(-c2c(C)cc(C)cc2C)cc(C)c1F. The van der Waals surface area contributed by atoms with Crippen molar-refractivity contribution < 1.29 is 31.9 Å². The fourth-order valence-corrected chi connectivity index (χ4v) is 7.10. The molecule has 1 aromatic heterocycles. The maximum atomic E-state index is 16.0. The number of halogens is 4. The van der Waals surface area contributed by atoms with Gasteiger partial charge in [-0.2, -0.15) is 13.2 Å². The van der Waals surface area contributed by atoms with Gasteiger partial charge in [0.05, 0.1) is 24.6 Å². The number of rotatable bonds is 13. The molecule has 1 amide bonds. The molecular formula is C39H49F4N3O4. The molecule has 0 spiro atoms. The standard InChI is InChI=1S/C39H49F4N3O4/c1-9-50-35(48)18-32(30-16-29(15-27(8)37(30)40)36-25(6)13-23(4)14-26(36)7)44-38(49)33(12-22(2)3)46-21-28(10-11-45-19-24(5)20-45)31(17-34(46)47)39(41,42)43/h13-17,21-22,24,32-33H,9-12,18-20H2,1-8H3,(H,44,49)/t32-,33?/m0/s1. The number of hydrogen-bond donors (Lipinski definition) is 1. The van der Waals surface area contributed by atoms with E-state index in [0.717, 1.165) is 46.1 Å². The van der Waals surface area contributed by atoms with Crippen molar-refractivity contribution in [2.45, 2.75) is 92.9 Å². The van der Waals surface area contributed by atoms with E-state index in [1.807, 2.05) is 51.7 Å². The molecule has 2 atom stereocenters. The largest absolute Gasteiger partial charge is 0.466 e. The lowest BCUT2D eigenvalue weighted by Crippen LogP contribution is -2.46. The first kappa shape index (κ1) is 38.8. The maximum absolute atomic E-state index is 16.0. The van der Waals surface area contributed by atoms with Crippen LogP contribution in [0, 0.1) is 45.3 Å². The number of nitrogens with one attached hydrogen (secondary N) is 1. The summed E-state index contributed by atoms with van der Waals surface area (Å²) in [5, 5.41) is 2.81. The molecule has 2 aromatic carbocycles. The van der Waals surface area contributed by atoms with Crippen molar-refractivity contribution in [1.29, 1.82) is 0 Å². The summed E-state index contributed by atoms with van der Waals surface area (Å²) in [6, 6.07) is 5.52. The molecule has 1 unspecified atom stereocenters. The van der Waals surface area contributed by atoms with Crippen LogP contribution in [0.4, 0.5) is 17.6 Å². The minimum Gasteiger partial charge on any atom is -0.466 e. The van der Waals surface area contributed by atoms with Crippen molar-refractivity contribution in [3.63, 3.8) is 0 Å². The molecule has 1 saturated heterocycles. The number of aromatic nitrogens is 1. The number of esters is 1. The number of amides is 1. The quantitative estimate of drug-likeness (QED) is 0.146. The van der Waals surface area contributed by atoms with Gasteiger partial charge in [-0.1, -0.05) is 38.5 Å². The van der Waals surface area contributed by atoms with Crippen LogP contribution in [0.3, 0.4) is 0 Å². The molecule has 0 bridgehead atoms. The van der Waals surface area contributed by atoms with Crippen LogP contribution in [0.1, 0.15) is 91.6 Å². The second-order valence-electron chi connectivity index (χ2n) is 14.3. The lowest BCUT2D eigenvalue weighted by atomic mass is 9.89. The number of carbonyl (C=O) groups is 2. The van der Waals surface area contributed by atoms with Crippen molar-refractivity contribution in [3.05, 3.63) is 91.6 Å². The fourth-order valence-electron chi connectivity index (χ4n) is 7.10. The van der Waals surface area contributed by atoms with Crippen LogP contribution in [0.25, 0.3) is 11.1 Å². The molecule has 1 aliphatic heterocycles. The van der Waals surface area contributed by atoms with Crippen molar-refractivity contribution in [2.75, 3.05) is 26.2 Å². The third kappa shape index (κ3) is 9.21. The highest BCUT2D eigenvalue weighted by Gasteiger charge is 2.36. The number of carbonyl (C=O) groups excluding carboxylic acids is 2. The molecule has 3 aromatic rings. The first-order chi connectivity index (χ1) is 23.4. The Kier molecular flexibility index (Phi) is 12.4. The maximum Gasteiger partial charge on any atom is 0.416 e. The van der Waals surface area contributed by atoms with Crippen LogP contribution < -0.4 is 10.9 Å². The number of alkyl halides is 3. The van der Waals surface area contributed by atoms with E-state index in [4.69, 9.17) is 4.74 Å². The number of benzene rings is 2. The minimum atomic E-state index is -4.76. The van der Waals surface area contributed by atoms with Gasteiger partial charge < -0.3 is 19.5 Å². The van der Waals surface area contributed by atoms with Gasteiger partial charge in [0.2, 0.25) is 5.91 Å². The predicted molar refractivity (Wildman–Crippen MR) is 186 cm³/mol. The lowest BCUT2D eigenvalue weighted by molar-refractivity contribution is -0.144. The van der Waals surface area contributed by atoms with Gasteiger partial charge in [-0.25, -0.2) is 4.39 Å². The third-order valence-electron chi connectivity index (χ3n) is 9.26. The van der Waals surface area contributed by atoms with Gasteiger partial charge in [-0.05, 0) is 105 Å². The van der Waals surface area contributed by atoms with E-state index >= 15 is 4.39 Å². The number of hydrogen-bond acceptors (Lipinski definition) is 5. The van der Waals surface area contributed by atoms with Gasteiger partial charge in [0, 0.05) is 37.5 Å². The zero-order valence-corrected chi connectivity index (χ0v) is 30.3. The Balaban J connectivity index is 1.79. The normalized spacial score (nSPS) is 15.1. The van der Waals surface area contributed by atoms with Crippen molar-refractivity contribution in [1.82, 2.24) is 14.8 Å². The molecule has 0 aliphatic carbocycles. The Labute approximate surface area is 292 Å². The molecule has 1 fully saturated rings. The third-order valence-corrected chi connectivity index (χ3v) is 9.26. The van der Waals surface area contributed by atoms with Crippen LogP contribution in [0.15, 0.2) is 41.3 Å². The smallest absolute Gasteiger partial charge is 0.416 e. The first-order valence-electron chi connectivity index (χ1n) is 17.3. The molecule has 0 saturated carbocycles. The topological polar surface area (TPSA) is 80.6 Å². The highest BCUT2D eigenvalue weighted by Crippen LogP contribution is 2.35. The number of likely N-dealkylation sites (tertiary alicyclic amines) is 1. The van der Waals surface area contributed by atoms with Gasteiger partial charge in [-0.3, -0.25) is 14.4 Å². The average Bonchev–Trinajstić information content (AvgIpc) is 2.98.